The van der Waals surface area contributed by atoms with Gasteiger partial charge in [-0.25, -0.2) is 9.97 Å². The zero-order chi connectivity index (χ0) is 20.8. The largest absolute Gasteiger partial charge is 0.494 e. The number of aryl methyl sites for hydroxylation is 1. The molecule has 0 atom stereocenters. The number of aromatic nitrogens is 2. The lowest BCUT2D eigenvalue weighted by atomic mass is 10.00. The normalized spacial score (nSPS) is 11.0. The van der Waals surface area contributed by atoms with Gasteiger partial charge in [-0.1, -0.05) is 68.7 Å². The highest BCUT2D eigenvalue weighted by Gasteiger charge is 2.05. The van der Waals surface area contributed by atoms with Gasteiger partial charge in [-0.15, -0.1) is 0 Å². The van der Waals surface area contributed by atoms with Crippen LogP contribution in [0.3, 0.4) is 0 Å². The summed E-state index contributed by atoms with van der Waals surface area (Å²) in [4.78, 5) is 8.83. The Morgan fingerprint density at radius 3 is 2.13 bits per heavy atom. The van der Waals surface area contributed by atoms with Gasteiger partial charge >= 0.3 is 0 Å². The molecule has 3 heteroatoms. The highest BCUT2D eigenvalue weighted by Crippen LogP contribution is 2.28. The van der Waals surface area contributed by atoms with Crippen molar-refractivity contribution in [2.75, 3.05) is 6.61 Å². The molecule has 0 aliphatic carbocycles. The van der Waals surface area contributed by atoms with Gasteiger partial charge in [0.1, 0.15) is 5.75 Å². The Balaban J connectivity index is 1.48. The van der Waals surface area contributed by atoms with Crippen LogP contribution in [0, 0.1) is 6.92 Å². The van der Waals surface area contributed by atoms with Crippen LogP contribution >= 0.6 is 0 Å². The lowest BCUT2D eigenvalue weighted by Crippen LogP contribution is -1.97. The van der Waals surface area contributed by atoms with E-state index in [0.29, 0.717) is 0 Å². The molecule has 0 aliphatic heterocycles. The van der Waals surface area contributed by atoms with Gasteiger partial charge in [0.2, 0.25) is 0 Å². The van der Waals surface area contributed by atoms with Crippen LogP contribution < -0.4 is 4.74 Å². The van der Waals surface area contributed by atoms with E-state index in [4.69, 9.17) is 4.74 Å². The third-order valence-electron chi connectivity index (χ3n) is 5.34. The highest BCUT2D eigenvalue weighted by atomic mass is 16.5. The van der Waals surface area contributed by atoms with Crippen LogP contribution in [0.1, 0.15) is 38.2 Å². The van der Waals surface area contributed by atoms with E-state index in [1.54, 1.807) is 0 Å². The van der Waals surface area contributed by atoms with Crippen LogP contribution in [-0.2, 0) is 0 Å². The number of ether oxygens (including phenoxy) is 1. The minimum absolute atomic E-state index is 0.757. The summed E-state index contributed by atoms with van der Waals surface area (Å²) in [5, 5.41) is 2.42. The molecular weight excluding hydrogens is 368 g/mol. The van der Waals surface area contributed by atoms with Crippen molar-refractivity contribution in [1.82, 2.24) is 9.97 Å². The van der Waals surface area contributed by atoms with Gasteiger partial charge in [0.15, 0.2) is 5.82 Å². The summed E-state index contributed by atoms with van der Waals surface area (Å²) in [5.41, 5.74) is 4.48. The molecule has 0 fully saturated rings. The van der Waals surface area contributed by atoms with Gasteiger partial charge in [-0.2, -0.15) is 0 Å². The second-order valence-corrected chi connectivity index (χ2v) is 7.79. The van der Waals surface area contributed by atoms with Gasteiger partial charge < -0.3 is 4.74 Å². The summed E-state index contributed by atoms with van der Waals surface area (Å²) in [6.07, 6.45) is 8.59. The van der Waals surface area contributed by atoms with Crippen LogP contribution in [0.4, 0.5) is 0 Å². The molecule has 0 unspecified atom stereocenters. The van der Waals surface area contributed by atoms with E-state index in [1.165, 1.54) is 41.2 Å². The van der Waals surface area contributed by atoms with Crippen molar-refractivity contribution in [3.8, 4) is 28.3 Å². The molecule has 0 bridgehead atoms. The molecule has 0 radical (unpaired) electrons. The molecule has 0 N–H and O–H groups in total. The number of nitrogens with zero attached hydrogens (tertiary/aromatic N) is 2. The second-order valence-electron chi connectivity index (χ2n) is 7.79. The van der Waals surface area contributed by atoms with Gasteiger partial charge in [0.05, 0.1) is 6.61 Å². The number of rotatable bonds is 8. The highest BCUT2D eigenvalue weighted by molar-refractivity contribution is 5.88. The molecule has 1 aromatic heterocycles. The van der Waals surface area contributed by atoms with E-state index in [-0.39, 0.29) is 0 Å². The summed E-state index contributed by atoms with van der Waals surface area (Å²) in [6, 6.07) is 21.4. The van der Waals surface area contributed by atoms with E-state index < -0.39 is 0 Å². The van der Waals surface area contributed by atoms with Crippen LogP contribution in [0.5, 0.6) is 5.75 Å². The fourth-order valence-electron chi connectivity index (χ4n) is 3.57. The maximum Gasteiger partial charge on any atom is 0.159 e. The van der Waals surface area contributed by atoms with Gasteiger partial charge in [0.25, 0.3) is 0 Å². The van der Waals surface area contributed by atoms with Gasteiger partial charge in [-0.05, 0) is 59.0 Å². The molecule has 4 rings (SSSR count). The van der Waals surface area contributed by atoms with E-state index in [0.717, 1.165) is 35.7 Å². The average Bonchev–Trinajstić information content (AvgIpc) is 2.79. The Labute approximate surface area is 178 Å². The third kappa shape index (κ3) is 4.85. The molecule has 30 heavy (non-hydrogen) atoms. The first-order chi connectivity index (χ1) is 14.7. The number of hydrogen-bond donors (Lipinski definition) is 0. The lowest BCUT2D eigenvalue weighted by Gasteiger charge is -2.09. The number of benzene rings is 3. The Morgan fingerprint density at radius 2 is 1.37 bits per heavy atom. The first kappa shape index (κ1) is 20.1. The predicted molar refractivity (Wildman–Crippen MR) is 125 cm³/mol. The van der Waals surface area contributed by atoms with Crippen molar-refractivity contribution in [3.05, 3.63) is 78.6 Å². The average molecular weight is 397 g/mol. The third-order valence-corrected chi connectivity index (χ3v) is 5.34. The van der Waals surface area contributed by atoms with Crippen molar-refractivity contribution in [1.29, 1.82) is 0 Å². The first-order valence-electron chi connectivity index (χ1n) is 10.8. The molecule has 0 saturated carbocycles. The Bertz CT molecular complexity index is 1100. The zero-order valence-corrected chi connectivity index (χ0v) is 17.8. The molecule has 4 aromatic rings. The molecule has 0 aliphatic rings. The second kappa shape index (κ2) is 9.53. The molecule has 0 amide bonds. The molecular formula is C27H28N2O. The van der Waals surface area contributed by atoms with E-state index >= 15 is 0 Å². The van der Waals surface area contributed by atoms with Crippen LogP contribution in [-0.4, -0.2) is 16.6 Å². The standard InChI is InChI=1S/C27H28N2O/c1-3-4-5-6-15-30-26-14-13-24-16-23(11-12-25(24)17-26)21-7-9-22(10-8-21)27-28-18-20(2)19-29-27/h7-14,16-19H,3-6,15H2,1-2H3. The molecule has 152 valence electrons. The first-order valence-corrected chi connectivity index (χ1v) is 10.8. The minimum Gasteiger partial charge on any atom is -0.494 e. The zero-order valence-electron chi connectivity index (χ0n) is 17.8. The summed E-state index contributed by atoms with van der Waals surface area (Å²) >= 11 is 0. The SMILES string of the molecule is CCCCCCOc1ccc2cc(-c3ccc(-c4ncc(C)cn4)cc3)ccc2c1. The molecule has 0 saturated heterocycles. The van der Waals surface area contributed by atoms with E-state index in [1.807, 2.05) is 19.3 Å². The van der Waals surface area contributed by atoms with Crippen molar-refractivity contribution in [2.45, 2.75) is 39.5 Å². The van der Waals surface area contributed by atoms with Crippen LogP contribution in [0.2, 0.25) is 0 Å². The summed E-state index contributed by atoms with van der Waals surface area (Å²) in [7, 11) is 0. The Kier molecular flexibility index (Phi) is 6.38. The monoisotopic (exact) mass is 396 g/mol. The smallest absolute Gasteiger partial charge is 0.159 e. The van der Waals surface area contributed by atoms with Gasteiger partial charge in [-0.3, -0.25) is 0 Å². The summed E-state index contributed by atoms with van der Waals surface area (Å²) in [6.45, 7) is 5.02. The quantitative estimate of drug-likeness (QED) is 0.295. The summed E-state index contributed by atoms with van der Waals surface area (Å²) in [5.74, 6) is 1.71. The maximum atomic E-state index is 5.93. The Morgan fingerprint density at radius 1 is 0.700 bits per heavy atom. The topological polar surface area (TPSA) is 35.0 Å². The fraction of sp³-hybridized carbons (Fsp3) is 0.259. The number of hydrogen-bond acceptors (Lipinski definition) is 3. The van der Waals surface area contributed by atoms with Crippen molar-refractivity contribution in [3.63, 3.8) is 0 Å². The van der Waals surface area contributed by atoms with Crippen molar-refractivity contribution >= 4 is 10.8 Å². The van der Waals surface area contributed by atoms with Crippen LogP contribution in [0.25, 0.3) is 33.3 Å². The lowest BCUT2D eigenvalue weighted by molar-refractivity contribution is 0.305. The van der Waals surface area contributed by atoms with Crippen LogP contribution in [0.15, 0.2) is 73.1 Å². The van der Waals surface area contributed by atoms with E-state index in [9.17, 15) is 0 Å². The number of unbranched alkanes of at least 4 members (excludes halogenated alkanes) is 3. The van der Waals surface area contributed by atoms with Gasteiger partial charge in [0, 0.05) is 18.0 Å². The molecule has 3 nitrogen and oxygen atoms in total. The molecule has 3 aromatic carbocycles. The van der Waals surface area contributed by atoms with Crippen molar-refractivity contribution in [2.24, 2.45) is 0 Å². The summed E-state index contributed by atoms with van der Waals surface area (Å²) < 4.78 is 5.93. The minimum atomic E-state index is 0.757. The predicted octanol–water partition coefficient (Wildman–Crippen LogP) is 7.23. The Hall–Kier alpha value is -3.20. The molecule has 0 spiro atoms. The van der Waals surface area contributed by atoms with E-state index in [2.05, 4.69) is 77.6 Å². The fourth-order valence-corrected chi connectivity index (χ4v) is 3.57. The maximum absolute atomic E-state index is 5.93. The molecule has 1 heterocycles. The number of fused-ring (bicyclic) bond motifs is 1. The van der Waals surface area contributed by atoms with Crippen molar-refractivity contribution < 1.29 is 4.74 Å².